The first-order chi connectivity index (χ1) is 5.96. The molecule has 1 rings (SSSR count). The minimum atomic E-state index is -4.27. The summed E-state index contributed by atoms with van der Waals surface area (Å²) in [5.74, 6) is 0. The summed E-state index contributed by atoms with van der Waals surface area (Å²) < 4.78 is 30.3. The summed E-state index contributed by atoms with van der Waals surface area (Å²) in [6.45, 7) is -0.283. The van der Waals surface area contributed by atoms with Gasteiger partial charge in [-0.05, 0) is 12.1 Å². The Labute approximate surface area is 81.1 Å². The molecule has 13 heavy (non-hydrogen) atoms. The van der Waals surface area contributed by atoms with Gasteiger partial charge in [0.25, 0.3) is 10.1 Å². The second-order valence-electron chi connectivity index (χ2n) is 2.37. The fraction of sp³-hybridized carbons (Fsp3) is 0.143. The molecule has 2 N–H and O–H groups in total. The predicted octanol–water partition coefficient (Wildman–Crippen LogP) is 1.37. The van der Waals surface area contributed by atoms with Gasteiger partial charge in [-0.1, -0.05) is 17.7 Å². The van der Waals surface area contributed by atoms with Gasteiger partial charge in [0.15, 0.2) is 0 Å². The lowest BCUT2D eigenvalue weighted by atomic mass is 10.2. The molecule has 6 heteroatoms. The van der Waals surface area contributed by atoms with Gasteiger partial charge in [0.2, 0.25) is 0 Å². The van der Waals surface area contributed by atoms with E-state index in [1.54, 1.807) is 0 Å². The lowest BCUT2D eigenvalue weighted by molar-refractivity contribution is 0.482. The molecule has 0 heterocycles. The Balaban J connectivity index is 3.47. The second-order valence-corrected chi connectivity index (χ2v) is 4.17. The summed E-state index contributed by atoms with van der Waals surface area (Å²) in [4.78, 5) is -0.296. The molecule has 0 fully saturated rings. The lowest BCUT2D eigenvalue weighted by Gasteiger charge is -2.05. The molecule has 0 spiro atoms. The summed E-state index contributed by atoms with van der Waals surface area (Å²) in [7, 11) is -4.27. The largest absolute Gasteiger partial charge is 0.294 e. The Morgan fingerprint density at radius 2 is 2.08 bits per heavy atom. The number of hydrogen-bond donors (Lipinski definition) is 1. The van der Waals surface area contributed by atoms with Crippen LogP contribution in [0.1, 0.15) is 5.56 Å². The van der Waals surface area contributed by atoms with Crippen LogP contribution in [0.4, 0.5) is 0 Å². The standard InChI is InChI=1S/C7H7ClNO3S/c8-6-2-1-3-7(5(6)4-9)13(10,11)12/h1-3,9H,4H2,(H,10,11,12). The van der Waals surface area contributed by atoms with Crippen LogP contribution >= 0.6 is 11.6 Å². The molecule has 0 unspecified atom stereocenters. The highest BCUT2D eigenvalue weighted by atomic mass is 35.5. The minimum Gasteiger partial charge on any atom is -0.282 e. The van der Waals surface area contributed by atoms with Crippen LogP contribution in [0.25, 0.3) is 0 Å². The minimum absolute atomic E-state index is 0.117. The molecule has 1 aromatic carbocycles. The predicted molar refractivity (Wildman–Crippen MR) is 48.1 cm³/mol. The van der Waals surface area contributed by atoms with Crippen molar-refractivity contribution < 1.29 is 13.0 Å². The molecule has 0 saturated heterocycles. The molecule has 71 valence electrons. The molecule has 0 aromatic heterocycles. The van der Waals surface area contributed by atoms with Gasteiger partial charge >= 0.3 is 0 Å². The molecule has 0 bridgehead atoms. The zero-order valence-electron chi connectivity index (χ0n) is 6.49. The topological polar surface area (TPSA) is 78.2 Å². The van der Waals surface area contributed by atoms with E-state index in [1.165, 1.54) is 18.2 Å². The smallest absolute Gasteiger partial charge is 0.282 e. The van der Waals surface area contributed by atoms with E-state index in [0.29, 0.717) is 0 Å². The molecule has 0 aliphatic rings. The average Bonchev–Trinajstić information content (AvgIpc) is 2.02. The Kier molecular flexibility index (Phi) is 2.92. The number of rotatable bonds is 2. The highest BCUT2D eigenvalue weighted by Crippen LogP contribution is 2.23. The van der Waals surface area contributed by atoms with Gasteiger partial charge in [-0.15, -0.1) is 0 Å². The first kappa shape index (κ1) is 10.5. The Bertz CT molecular complexity index is 416. The zero-order valence-corrected chi connectivity index (χ0v) is 8.06. The van der Waals surface area contributed by atoms with E-state index in [9.17, 15) is 8.42 Å². The van der Waals surface area contributed by atoms with Gasteiger partial charge in [-0.3, -0.25) is 10.3 Å². The normalized spacial score (nSPS) is 11.6. The van der Waals surface area contributed by atoms with E-state index in [1.807, 2.05) is 0 Å². The third kappa shape index (κ3) is 2.19. The number of benzene rings is 1. The summed E-state index contributed by atoms with van der Waals surface area (Å²) in [5.41, 5.74) is 7.16. The van der Waals surface area contributed by atoms with E-state index in [4.69, 9.17) is 21.9 Å². The number of halogens is 1. The molecule has 0 atom stereocenters. The highest BCUT2D eigenvalue weighted by Gasteiger charge is 2.16. The van der Waals surface area contributed by atoms with Crippen molar-refractivity contribution in [1.82, 2.24) is 5.73 Å². The maximum Gasteiger partial charge on any atom is 0.294 e. The SMILES string of the molecule is [NH]Cc1c(Cl)cccc1S(=O)(=O)O. The molecule has 1 radical (unpaired) electrons. The Morgan fingerprint density at radius 3 is 2.46 bits per heavy atom. The maximum atomic E-state index is 10.8. The highest BCUT2D eigenvalue weighted by molar-refractivity contribution is 7.85. The van der Waals surface area contributed by atoms with Gasteiger partial charge in [0, 0.05) is 17.1 Å². The monoisotopic (exact) mass is 220 g/mol. The van der Waals surface area contributed by atoms with Crippen LogP contribution < -0.4 is 5.73 Å². The summed E-state index contributed by atoms with van der Waals surface area (Å²) >= 11 is 5.64. The van der Waals surface area contributed by atoms with E-state index in [0.717, 1.165) is 0 Å². The quantitative estimate of drug-likeness (QED) is 0.765. The van der Waals surface area contributed by atoms with Gasteiger partial charge in [-0.25, -0.2) is 0 Å². The van der Waals surface area contributed by atoms with Crippen molar-refractivity contribution in [3.63, 3.8) is 0 Å². The fourth-order valence-electron chi connectivity index (χ4n) is 0.952. The van der Waals surface area contributed by atoms with E-state index in [2.05, 4.69) is 0 Å². The van der Waals surface area contributed by atoms with Crippen molar-refractivity contribution in [2.45, 2.75) is 11.4 Å². The van der Waals surface area contributed by atoms with Crippen LogP contribution in [0.2, 0.25) is 5.02 Å². The molecular formula is C7H7ClNO3S. The van der Waals surface area contributed by atoms with Crippen LogP contribution in [0.3, 0.4) is 0 Å². The van der Waals surface area contributed by atoms with Crippen molar-refractivity contribution in [2.24, 2.45) is 0 Å². The van der Waals surface area contributed by atoms with Gasteiger partial charge in [-0.2, -0.15) is 8.42 Å². The van der Waals surface area contributed by atoms with Crippen LogP contribution in [-0.4, -0.2) is 13.0 Å². The number of hydrogen-bond acceptors (Lipinski definition) is 2. The fourth-order valence-corrected chi connectivity index (χ4v) is 1.99. The van der Waals surface area contributed by atoms with Crippen LogP contribution in [0.15, 0.2) is 23.1 Å². The lowest BCUT2D eigenvalue weighted by Crippen LogP contribution is -2.04. The average molecular weight is 221 g/mol. The van der Waals surface area contributed by atoms with E-state index >= 15 is 0 Å². The molecule has 0 aliphatic heterocycles. The third-order valence-electron chi connectivity index (χ3n) is 1.53. The van der Waals surface area contributed by atoms with Crippen molar-refractivity contribution in [3.8, 4) is 0 Å². The van der Waals surface area contributed by atoms with Crippen molar-refractivity contribution in [3.05, 3.63) is 28.8 Å². The zero-order chi connectivity index (χ0) is 10.1. The summed E-state index contributed by atoms with van der Waals surface area (Å²) in [5, 5.41) is 0.171. The third-order valence-corrected chi connectivity index (χ3v) is 2.82. The maximum absolute atomic E-state index is 10.8. The summed E-state index contributed by atoms with van der Waals surface area (Å²) in [6, 6.07) is 4.09. The van der Waals surface area contributed by atoms with E-state index < -0.39 is 10.1 Å². The number of nitrogens with one attached hydrogen (secondary N) is 1. The van der Waals surface area contributed by atoms with Gasteiger partial charge < -0.3 is 0 Å². The molecule has 0 saturated carbocycles. The molecule has 0 amide bonds. The first-order valence-electron chi connectivity index (χ1n) is 3.36. The van der Waals surface area contributed by atoms with Crippen molar-refractivity contribution in [1.29, 1.82) is 0 Å². The van der Waals surface area contributed by atoms with Crippen molar-refractivity contribution in [2.75, 3.05) is 0 Å². The second kappa shape index (κ2) is 3.63. The first-order valence-corrected chi connectivity index (χ1v) is 5.18. The van der Waals surface area contributed by atoms with Crippen LogP contribution in [0.5, 0.6) is 0 Å². The van der Waals surface area contributed by atoms with Crippen LogP contribution in [0, 0.1) is 0 Å². The Hall–Kier alpha value is -0.620. The molecule has 4 nitrogen and oxygen atoms in total. The molecular weight excluding hydrogens is 214 g/mol. The van der Waals surface area contributed by atoms with Gasteiger partial charge in [0.1, 0.15) is 0 Å². The van der Waals surface area contributed by atoms with Crippen molar-refractivity contribution >= 4 is 21.7 Å². The molecule has 0 aliphatic carbocycles. The molecule has 1 aromatic rings. The van der Waals surface area contributed by atoms with E-state index in [-0.39, 0.29) is 22.0 Å². The van der Waals surface area contributed by atoms with Gasteiger partial charge in [0.05, 0.1) is 4.90 Å². The Morgan fingerprint density at radius 1 is 1.46 bits per heavy atom. The van der Waals surface area contributed by atoms with Crippen LogP contribution in [-0.2, 0) is 16.7 Å². The summed E-state index contributed by atoms with van der Waals surface area (Å²) in [6.07, 6.45) is 0.